The van der Waals surface area contributed by atoms with Gasteiger partial charge in [-0.15, -0.1) is 0 Å². The van der Waals surface area contributed by atoms with Gasteiger partial charge in [-0.3, -0.25) is 0 Å². The first kappa shape index (κ1) is 36.6. The molecule has 1 aliphatic carbocycles. The van der Waals surface area contributed by atoms with Crippen molar-refractivity contribution in [2.24, 2.45) is 0 Å². The Morgan fingerprint density at radius 3 is 1.54 bits per heavy atom. The average Bonchev–Trinajstić information content (AvgIpc) is 3.87. The lowest BCUT2D eigenvalue weighted by atomic mass is 9.67. The molecule has 10 aromatic carbocycles. The van der Waals surface area contributed by atoms with Crippen LogP contribution in [0.3, 0.4) is 0 Å². The smallest absolute Gasteiger partial charge is 0.0714 e. The van der Waals surface area contributed by atoms with Crippen LogP contribution in [0.1, 0.15) is 22.3 Å². The monoisotopic (exact) mass is 802 g/mol. The van der Waals surface area contributed by atoms with Gasteiger partial charge >= 0.3 is 0 Å². The molecule has 296 valence electrons. The van der Waals surface area contributed by atoms with Crippen LogP contribution in [0.15, 0.2) is 255 Å². The zero-order valence-corrected chi connectivity index (χ0v) is 34.6. The minimum Gasteiger partial charge on any atom is -0.310 e. The number of benzene rings is 10. The molecular weight excluding hydrogens is 761 g/mol. The summed E-state index contributed by atoms with van der Waals surface area (Å²) in [4.78, 5) is 2.50. The third-order valence-electron chi connectivity index (χ3n) is 13.1. The Kier molecular flexibility index (Phi) is 8.76. The molecule has 1 aromatic heterocycles. The van der Waals surface area contributed by atoms with Crippen molar-refractivity contribution in [3.63, 3.8) is 0 Å². The van der Waals surface area contributed by atoms with Gasteiger partial charge in [-0.1, -0.05) is 206 Å². The van der Waals surface area contributed by atoms with Crippen LogP contribution < -0.4 is 4.90 Å². The molecule has 0 bridgehead atoms. The van der Waals surface area contributed by atoms with E-state index in [2.05, 4.69) is 264 Å². The maximum Gasteiger partial charge on any atom is 0.0714 e. The van der Waals surface area contributed by atoms with Gasteiger partial charge in [0.1, 0.15) is 0 Å². The highest BCUT2D eigenvalue weighted by Gasteiger charge is 2.46. The van der Waals surface area contributed by atoms with E-state index in [4.69, 9.17) is 0 Å². The fourth-order valence-electron chi connectivity index (χ4n) is 10.4. The Bertz CT molecular complexity index is 3370. The molecule has 0 fully saturated rings. The first-order valence-corrected chi connectivity index (χ1v) is 21.8. The van der Waals surface area contributed by atoms with Gasteiger partial charge < -0.3 is 9.47 Å². The van der Waals surface area contributed by atoms with Crippen molar-refractivity contribution >= 4 is 38.9 Å². The zero-order valence-electron chi connectivity index (χ0n) is 34.6. The second kappa shape index (κ2) is 15.1. The van der Waals surface area contributed by atoms with Gasteiger partial charge in [-0.25, -0.2) is 0 Å². The number of hydrogen-bond donors (Lipinski definition) is 0. The van der Waals surface area contributed by atoms with Crippen molar-refractivity contribution < 1.29 is 0 Å². The Morgan fingerprint density at radius 2 is 0.857 bits per heavy atom. The molecule has 0 saturated carbocycles. The summed E-state index contributed by atoms with van der Waals surface area (Å²) in [5, 5.41) is 2.40. The lowest BCUT2D eigenvalue weighted by Crippen LogP contribution is -2.28. The van der Waals surface area contributed by atoms with Gasteiger partial charge in [0.05, 0.1) is 22.1 Å². The largest absolute Gasteiger partial charge is 0.310 e. The highest BCUT2D eigenvalue weighted by Crippen LogP contribution is 2.58. The first-order valence-electron chi connectivity index (χ1n) is 21.8. The number of aromatic nitrogens is 1. The van der Waals surface area contributed by atoms with E-state index in [1.165, 1.54) is 77.4 Å². The normalized spacial score (nSPS) is 12.6. The minimum atomic E-state index is -0.539. The minimum absolute atomic E-state index is 0.539. The number of rotatable bonds is 8. The predicted molar refractivity (Wildman–Crippen MR) is 264 cm³/mol. The first-order chi connectivity index (χ1) is 31.3. The van der Waals surface area contributed by atoms with E-state index in [1.54, 1.807) is 0 Å². The van der Waals surface area contributed by atoms with E-state index >= 15 is 0 Å². The van der Waals surface area contributed by atoms with Gasteiger partial charge in [0.2, 0.25) is 0 Å². The summed E-state index contributed by atoms with van der Waals surface area (Å²) in [5.41, 5.74) is 18.6. The standard InChI is InChI=1S/C61H42N2/c1-6-20-43(21-7-1)44-34-36-49(37-35-44)62(50-38-39-53-52-30-16-18-32-55(52)61(56(53)42-50,46-24-10-3-11-25-46)47-26-12-4-13-27-47)58-41-40-51(45-22-8-2-9-23-45)60-59(58)54-31-17-19-33-57(54)63(60)48-28-14-5-15-29-48/h1-42H. The van der Waals surface area contributed by atoms with Crippen LogP contribution in [0.25, 0.3) is 60.9 Å². The molecule has 2 nitrogen and oxygen atoms in total. The molecule has 2 heteroatoms. The van der Waals surface area contributed by atoms with E-state index in [9.17, 15) is 0 Å². The number of para-hydroxylation sites is 2. The highest BCUT2D eigenvalue weighted by molar-refractivity contribution is 6.20. The van der Waals surface area contributed by atoms with Gasteiger partial charge in [-0.2, -0.15) is 0 Å². The maximum absolute atomic E-state index is 2.50. The second-order valence-electron chi connectivity index (χ2n) is 16.4. The van der Waals surface area contributed by atoms with Crippen molar-refractivity contribution in [2.75, 3.05) is 4.90 Å². The Hall–Kier alpha value is -8.20. The summed E-state index contributed by atoms with van der Waals surface area (Å²) in [5.74, 6) is 0. The number of fused-ring (bicyclic) bond motifs is 6. The summed E-state index contributed by atoms with van der Waals surface area (Å²) in [6.45, 7) is 0. The Balaban J connectivity index is 1.18. The Labute approximate surface area is 368 Å². The molecule has 0 aliphatic heterocycles. The summed E-state index contributed by atoms with van der Waals surface area (Å²) < 4.78 is 2.46. The molecule has 1 heterocycles. The molecule has 12 rings (SSSR count). The van der Waals surface area contributed by atoms with E-state index in [0.717, 1.165) is 22.7 Å². The molecule has 11 aromatic rings. The third kappa shape index (κ3) is 5.80. The lowest BCUT2D eigenvalue weighted by Gasteiger charge is -2.35. The van der Waals surface area contributed by atoms with Crippen LogP contribution in [-0.4, -0.2) is 4.57 Å². The van der Waals surface area contributed by atoms with Crippen molar-refractivity contribution in [2.45, 2.75) is 5.41 Å². The molecular formula is C61H42N2. The van der Waals surface area contributed by atoms with E-state index in [1.807, 2.05) is 0 Å². The summed E-state index contributed by atoms with van der Waals surface area (Å²) in [6.07, 6.45) is 0. The molecule has 1 aliphatic rings. The zero-order chi connectivity index (χ0) is 41.7. The molecule has 0 unspecified atom stereocenters. The summed E-state index contributed by atoms with van der Waals surface area (Å²) >= 11 is 0. The van der Waals surface area contributed by atoms with E-state index in [0.29, 0.717) is 0 Å². The van der Waals surface area contributed by atoms with Crippen LogP contribution in [0.5, 0.6) is 0 Å². The second-order valence-corrected chi connectivity index (χ2v) is 16.4. The van der Waals surface area contributed by atoms with Gasteiger partial charge in [0, 0.05) is 33.4 Å². The SMILES string of the molecule is c1ccc(-c2ccc(N(c3ccc4c(c3)C(c3ccccc3)(c3ccccc3)c3ccccc3-4)c3ccc(-c4ccccc4)c4c3c3ccccc3n4-c3ccccc3)cc2)cc1. The van der Waals surface area contributed by atoms with Crippen LogP contribution in [0.2, 0.25) is 0 Å². The molecule has 0 radical (unpaired) electrons. The molecule has 0 atom stereocenters. The maximum atomic E-state index is 2.50. The highest BCUT2D eigenvalue weighted by atomic mass is 15.1. The van der Waals surface area contributed by atoms with Crippen molar-refractivity contribution in [1.82, 2.24) is 4.57 Å². The van der Waals surface area contributed by atoms with E-state index in [-0.39, 0.29) is 0 Å². The summed E-state index contributed by atoms with van der Waals surface area (Å²) in [6, 6.07) is 93.3. The average molecular weight is 803 g/mol. The third-order valence-corrected chi connectivity index (χ3v) is 13.1. The number of hydrogen-bond acceptors (Lipinski definition) is 1. The quantitative estimate of drug-likeness (QED) is 0.149. The fraction of sp³-hybridized carbons (Fsp3) is 0.0164. The van der Waals surface area contributed by atoms with Gasteiger partial charge in [0.25, 0.3) is 0 Å². The Morgan fingerprint density at radius 1 is 0.349 bits per heavy atom. The van der Waals surface area contributed by atoms with Crippen LogP contribution in [-0.2, 0) is 5.41 Å². The molecule has 0 N–H and O–H groups in total. The lowest BCUT2D eigenvalue weighted by molar-refractivity contribution is 0.768. The van der Waals surface area contributed by atoms with Crippen molar-refractivity contribution in [3.05, 3.63) is 277 Å². The van der Waals surface area contributed by atoms with Gasteiger partial charge in [0.15, 0.2) is 0 Å². The van der Waals surface area contributed by atoms with Crippen LogP contribution in [0, 0.1) is 0 Å². The van der Waals surface area contributed by atoms with Crippen molar-refractivity contribution in [3.8, 4) is 39.1 Å². The predicted octanol–water partition coefficient (Wildman–Crippen LogP) is 16.0. The van der Waals surface area contributed by atoms with Gasteiger partial charge in [-0.05, 0) is 98.6 Å². The van der Waals surface area contributed by atoms with Crippen LogP contribution in [0.4, 0.5) is 17.1 Å². The van der Waals surface area contributed by atoms with E-state index < -0.39 is 5.41 Å². The fourth-order valence-corrected chi connectivity index (χ4v) is 10.4. The van der Waals surface area contributed by atoms with Crippen molar-refractivity contribution in [1.29, 1.82) is 0 Å². The number of anilines is 3. The van der Waals surface area contributed by atoms with Crippen LogP contribution >= 0.6 is 0 Å². The molecule has 63 heavy (non-hydrogen) atoms. The molecule has 0 saturated heterocycles. The topological polar surface area (TPSA) is 8.17 Å². The molecule has 0 amide bonds. The number of nitrogens with zero attached hydrogens (tertiary/aromatic N) is 2. The molecule has 0 spiro atoms. The summed E-state index contributed by atoms with van der Waals surface area (Å²) in [7, 11) is 0.